The lowest BCUT2D eigenvalue weighted by atomic mass is 10.1. The lowest BCUT2D eigenvalue weighted by molar-refractivity contribution is 0.604. The molecule has 128 valence electrons. The van der Waals surface area contributed by atoms with Gasteiger partial charge in [0.25, 0.3) is 0 Å². The van der Waals surface area contributed by atoms with E-state index >= 15 is 0 Å². The summed E-state index contributed by atoms with van der Waals surface area (Å²) in [5, 5.41) is 7.46. The van der Waals surface area contributed by atoms with Crippen molar-refractivity contribution in [2.75, 3.05) is 6.54 Å². The van der Waals surface area contributed by atoms with Crippen molar-refractivity contribution in [2.45, 2.75) is 20.0 Å². The third-order valence-electron chi connectivity index (χ3n) is 3.87. The second kappa shape index (κ2) is 8.24. The van der Waals surface area contributed by atoms with E-state index in [1.54, 1.807) is 18.3 Å². The van der Waals surface area contributed by atoms with Gasteiger partial charge in [0.2, 0.25) is 0 Å². The Morgan fingerprint density at radius 1 is 1.00 bits per heavy atom. The Kier molecular flexibility index (Phi) is 5.57. The molecule has 0 fully saturated rings. The van der Waals surface area contributed by atoms with Crippen LogP contribution < -0.4 is 10.6 Å². The molecule has 3 rings (SSSR count). The fraction of sp³-hybridized carbons (Fsp3) is 0.200. The topological polar surface area (TPSA) is 49.3 Å². The van der Waals surface area contributed by atoms with E-state index in [4.69, 9.17) is 0 Å². The smallest absolute Gasteiger partial charge is 0.191 e. The molecule has 4 nitrogen and oxygen atoms in total. The fourth-order valence-electron chi connectivity index (χ4n) is 2.62. The van der Waals surface area contributed by atoms with Crippen LogP contribution in [0.1, 0.15) is 18.1 Å². The first kappa shape index (κ1) is 16.9. The molecule has 0 saturated carbocycles. The van der Waals surface area contributed by atoms with E-state index in [1.807, 2.05) is 43.3 Å². The van der Waals surface area contributed by atoms with Crippen LogP contribution in [0.15, 0.2) is 65.8 Å². The number of benzene rings is 2. The van der Waals surface area contributed by atoms with E-state index in [1.165, 1.54) is 6.07 Å². The number of hydrogen-bond donors (Lipinski definition) is 2. The van der Waals surface area contributed by atoms with Crippen LogP contribution in [0.4, 0.5) is 4.39 Å². The van der Waals surface area contributed by atoms with Gasteiger partial charge in [-0.3, -0.25) is 4.98 Å². The molecule has 1 heterocycles. The quantitative estimate of drug-likeness (QED) is 0.552. The van der Waals surface area contributed by atoms with Crippen LogP contribution in [0.2, 0.25) is 0 Å². The number of halogens is 1. The third kappa shape index (κ3) is 4.32. The van der Waals surface area contributed by atoms with Crippen molar-refractivity contribution in [3.63, 3.8) is 0 Å². The SMILES string of the molecule is CCNC(=NCc1cccc2cccnc12)NCc1ccccc1F. The van der Waals surface area contributed by atoms with Crippen molar-refractivity contribution < 1.29 is 4.39 Å². The molecular weight excluding hydrogens is 315 g/mol. The highest BCUT2D eigenvalue weighted by molar-refractivity contribution is 5.83. The zero-order valence-corrected chi connectivity index (χ0v) is 14.2. The molecule has 0 atom stereocenters. The molecule has 0 aliphatic heterocycles. The van der Waals surface area contributed by atoms with Crippen LogP contribution in [0.25, 0.3) is 10.9 Å². The lowest BCUT2D eigenvalue weighted by Crippen LogP contribution is -2.37. The minimum absolute atomic E-state index is 0.218. The Balaban J connectivity index is 1.74. The molecule has 0 amide bonds. The Labute approximate surface area is 146 Å². The van der Waals surface area contributed by atoms with Crippen LogP contribution in [0.5, 0.6) is 0 Å². The number of nitrogens with zero attached hydrogens (tertiary/aromatic N) is 2. The number of fused-ring (bicyclic) bond motifs is 1. The van der Waals surface area contributed by atoms with E-state index in [9.17, 15) is 4.39 Å². The third-order valence-corrected chi connectivity index (χ3v) is 3.87. The summed E-state index contributed by atoms with van der Waals surface area (Å²) in [4.78, 5) is 9.06. The van der Waals surface area contributed by atoms with Crippen molar-refractivity contribution in [1.82, 2.24) is 15.6 Å². The predicted octanol–water partition coefficient (Wildman–Crippen LogP) is 3.63. The first-order chi connectivity index (χ1) is 12.3. The predicted molar refractivity (Wildman–Crippen MR) is 99.8 cm³/mol. The molecular formula is C20H21FN4. The summed E-state index contributed by atoms with van der Waals surface area (Å²) in [6.07, 6.45) is 1.79. The molecule has 5 heteroatoms. The van der Waals surface area contributed by atoms with Crippen molar-refractivity contribution in [1.29, 1.82) is 0 Å². The second-order valence-electron chi connectivity index (χ2n) is 5.63. The van der Waals surface area contributed by atoms with Gasteiger partial charge in [-0.05, 0) is 24.6 Å². The molecule has 0 spiro atoms. The van der Waals surface area contributed by atoms with Gasteiger partial charge in [0.05, 0.1) is 12.1 Å². The van der Waals surface area contributed by atoms with E-state index in [2.05, 4.69) is 20.6 Å². The van der Waals surface area contributed by atoms with Gasteiger partial charge in [-0.15, -0.1) is 0 Å². The van der Waals surface area contributed by atoms with Gasteiger partial charge in [-0.25, -0.2) is 9.38 Å². The highest BCUT2D eigenvalue weighted by atomic mass is 19.1. The van der Waals surface area contributed by atoms with Crippen molar-refractivity contribution in [2.24, 2.45) is 4.99 Å². The molecule has 3 aromatic rings. The summed E-state index contributed by atoms with van der Waals surface area (Å²) >= 11 is 0. The maximum atomic E-state index is 13.7. The van der Waals surface area contributed by atoms with E-state index in [0.717, 1.165) is 23.0 Å². The van der Waals surface area contributed by atoms with Gasteiger partial charge in [-0.1, -0.05) is 42.5 Å². The van der Waals surface area contributed by atoms with Crippen LogP contribution in [-0.4, -0.2) is 17.5 Å². The van der Waals surface area contributed by atoms with E-state index in [-0.39, 0.29) is 5.82 Å². The largest absolute Gasteiger partial charge is 0.357 e. The van der Waals surface area contributed by atoms with E-state index < -0.39 is 0 Å². The Hall–Kier alpha value is -2.95. The van der Waals surface area contributed by atoms with E-state index in [0.29, 0.717) is 24.6 Å². The zero-order chi connectivity index (χ0) is 17.5. The Bertz CT molecular complexity index is 871. The summed E-state index contributed by atoms with van der Waals surface area (Å²) in [6, 6.07) is 16.8. The van der Waals surface area contributed by atoms with Gasteiger partial charge >= 0.3 is 0 Å². The summed E-state index contributed by atoms with van der Waals surface area (Å²) in [7, 11) is 0. The number of aromatic nitrogens is 1. The van der Waals surface area contributed by atoms with Crippen molar-refractivity contribution >= 4 is 16.9 Å². The number of rotatable bonds is 5. The highest BCUT2D eigenvalue weighted by Crippen LogP contribution is 2.16. The first-order valence-electron chi connectivity index (χ1n) is 8.36. The standard InChI is InChI=1S/C20H21FN4/c1-2-22-20(24-13-16-7-3-4-11-18(16)21)25-14-17-9-5-8-15-10-6-12-23-19(15)17/h3-12H,2,13-14H2,1H3,(H2,22,24,25). The van der Waals surface area contributed by atoms with Crippen LogP contribution in [0.3, 0.4) is 0 Å². The van der Waals surface area contributed by atoms with Crippen LogP contribution >= 0.6 is 0 Å². The maximum absolute atomic E-state index is 13.7. The molecule has 0 radical (unpaired) electrons. The minimum atomic E-state index is -0.218. The molecule has 0 bridgehead atoms. The molecule has 2 aromatic carbocycles. The number of guanidine groups is 1. The number of para-hydroxylation sites is 1. The minimum Gasteiger partial charge on any atom is -0.357 e. The van der Waals surface area contributed by atoms with Gasteiger partial charge in [0.15, 0.2) is 5.96 Å². The molecule has 0 saturated heterocycles. The molecule has 0 unspecified atom stereocenters. The maximum Gasteiger partial charge on any atom is 0.191 e. The number of hydrogen-bond acceptors (Lipinski definition) is 2. The number of nitrogens with one attached hydrogen (secondary N) is 2. The van der Waals surface area contributed by atoms with Crippen molar-refractivity contribution in [3.05, 3.63) is 77.7 Å². The zero-order valence-electron chi connectivity index (χ0n) is 14.2. The summed E-state index contributed by atoms with van der Waals surface area (Å²) < 4.78 is 13.7. The average Bonchev–Trinajstić information content (AvgIpc) is 2.65. The first-order valence-corrected chi connectivity index (χ1v) is 8.36. The van der Waals surface area contributed by atoms with Crippen LogP contribution in [0, 0.1) is 5.82 Å². The average molecular weight is 336 g/mol. The Morgan fingerprint density at radius 2 is 1.80 bits per heavy atom. The molecule has 1 aromatic heterocycles. The Morgan fingerprint density at radius 3 is 2.64 bits per heavy atom. The number of pyridine rings is 1. The lowest BCUT2D eigenvalue weighted by Gasteiger charge is -2.12. The summed E-state index contributed by atoms with van der Waals surface area (Å²) in [5.74, 6) is 0.433. The summed E-state index contributed by atoms with van der Waals surface area (Å²) in [6.45, 7) is 3.61. The molecule has 0 aliphatic rings. The second-order valence-corrected chi connectivity index (χ2v) is 5.63. The highest BCUT2D eigenvalue weighted by Gasteiger charge is 2.04. The number of aliphatic imine (C=N–C) groups is 1. The van der Waals surface area contributed by atoms with Crippen molar-refractivity contribution in [3.8, 4) is 0 Å². The molecule has 0 aliphatic carbocycles. The van der Waals surface area contributed by atoms with Gasteiger partial charge < -0.3 is 10.6 Å². The fourth-order valence-corrected chi connectivity index (χ4v) is 2.62. The van der Waals surface area contributed by atoms with Gasteiger partial charge in [0, 0.05) is 30.2 Å². The molecule has 2 N–H and O–H groups in total. The molecule has 25 heavy (non-hydrogen) atoms. The summed E-state index contributed by atoms with van der Waals surface area (Å²) in [5.41, 5.74) is 2.62. The van der Waals surface area contributed by atoms with Gasteiger partial charge in [-0.2, -0.15) is 0 Å². The normalized spacial score (nSPS) is 11.5. The van der Waals surface area contributed by atoms with Gasteiger partial charge in [0.1, 0.15) is 5.82 Å². The monoisotopic (exact) mass is 336 g/mol. The van der Waals surface area contributed by atoms with Crippen LogP contribution in [-0.2, 0) is 13.1 Å².